The van der Waals surface area contributed by atoms with E-state index < -0.39 is 0 Å². The fraction of sp³-hybridized carbons (Fsp3) is 0.429. The summed E-state index contributed by atoms with van der Waals surface area (Å²) in [7, 11) is 3.98. The Morgan fingerprint density at radius 2 is 1.83 bits per heavy atom. The Morgan fingerprint density at radius 1 is 1.10 bits per heavy atom. The number of benzene rings is 1. The summed E-state index contributed by atoms with van der Waals surface area (Å²) >= 11 is 0. The maximum absolute atomic E-state index is 12.3. The average Bonchev–Trinajstić information content (AvgIpc) is 3.15. The van der Waals surface area contributed by atoms with Crippen molar-refractivity contribution in [3.63, 3.8) is 0 Å². The third kappa shape index (κ3) is 4.31. The summed E-state index contributed by atoms with van der Waals surface area (Å²) < 4.78 is 4.98. The summed E-state index contributed by atoms with van der Waals surface area (Å²) in [6.45, 7) is 1.78. The summed E-state index contributed by atoms with van der Waals surface area (Å²) in [6.07, 6.45) is 3.68. The van der Waals surface area contributed by atoms with Crippen LogP contribution in [0.15, 0.2) is 34.9 Å². The second-order valence-corrected chi connectivity index (χ2v) is 7.77. The topological polar surface area (TPSA) is 96.2 Å². The summed E-state index contributed by atoms with van der Waals surface area (Å²) in [5, 5.41) is 11.4. The van der Waals surface area contributed by atoms with Crippen molar-refractivity contribution in [3.8, 4) is 0 Å². The predicted molar refractivity (Wildman–Crippen MR) is 112 cm³/mol. The van der Waals surface area contributed by atoms with Gasteiger partial charge in [0.25, 0.3) is 5.91 Å². The fourth-order valence-corrected chi connectivity index (χ4v) is 3.76. The highest BCUT2D eigenvalue weighted by atomic mass is 16.5. The second-order valence-electron chi connectivity index (χ2n) is 7.77. The number of hydrogen-bond acceptors (Lipinski definition) is 7. The summed E-state index contributed by atoms with van der Waals surface area (Å²) in [6, 6.07) is 10.1. The lowest BCUT2D eigenvalue weighted by molar-refractivity contribution is 0.0917. The van der Waals surface area contributed by atoms with Crippen molar-refractivity contribution in [2.45, 2.75) is 44.7 Å². The van der Waals surface area contributed by atoms with Crippen molar-refractivity contribution < 1.29 is 9.32 Å². The smallest absolute Gasteiger partial charge is 0.273 e. The predicted octanol–water partition coefficient (Wildman–Crippen LogP) is 3.15. The van der Waals surface area contributed by atoms with Gasteiger partial charge in [0.2, 0.25) is 5.95 Å². The average molecular weight is 394 g/mol. The van der Waals surface area contributed by atoms with Crippen LogP contribution in [0.4, 0.5) is 11.8 Å². The molecule has 8 heteroatoms. The van der Waals surface area contributed by atoms with Gasteiger partial charge in [-0.15, -0.1) is 0 Å². The van der Waals surface area contributed by atoms with Gasteiger partial charge in [-0.25, -0.2) is 4.98 Å². The molecule has 0 unspecified atom stereocenters. The molecule has 1 amide bonds. The molecule has 1 aliphatic carbocycles. The normalized spacial score (nSPS) is 19.1. The number of carbonyl (C=O) groups is 1. The number of amides is 1. The monoisotopic (exact) mass is 394 g/mol. The lowest BCUT2D eigenvalue weighted by Crippen LogP contribution is -2.40. The van der Waals surface area contributed by atoms with E-state index in [0.717, 1.165) is 42.4 Å². The van der Waals surface area contributed by atoms with Gasteiger partial charge in [-0.3, -0.25) is 4.79 Å². The van der Waals surface area contributed by atoms with Crippen molar-refractivity contribution in [2.75, 3.05) is 24.3 Å². The second kappa shape index (κ2) is 8.06. The van der Waals surface area contributed by atoms with Crippen molar-refractivity contribution in [3.05, 3.63) is 41.8 Å². The zero-order chi connectivity index (χ0) is 20.4. The zero-order valence-corrected chi connectivity index (χ0v) is 17.0. The van der Waals surface area contributed by atoms with E-state index in [1.54, 1.807) is 13.0 Å². The third-order valence-electron chi connectivity index (χ3n) is 5.26. The molecule has 0 radical (unpaired) electrons. The van der Waals surface area contributed by atoms with Gasteiger partial charge in [0, 0.05) is 37.6 Å². The van der Waals surface area contributed by atoms with Gasteiger partial charge < -0.3 is 20.1 Å². The van der Waals surface area contributed by atoms with E-state index in [1.807, 2.05) is 43.3 Å². The first kappa shape index (κ1) is 19.2. The van der Waals surface area contributed by atoms with Crippen LogP contribution < -0.4 is 15.5 Å². The molecule has 152 valence electrons. The van der Waals surface area contributed by atoms with Crippen molar-refractivity contribution in [2.24, 2.45) is 0 Å². The number of aromatic nitrogens is 3. The summed E-state index contributed by atoms with van der Waals surface area (Å²) in [4.78, 5) is 23.7. The molecule has 2 heterocycles. The molecule has 2 N–H and O–H groups in total. The number of anilines is 2. The fourth-order valence-electron chi connectivity index (χ4n) is 3.76. The van der Waals surface area contributed by atoms with Crippen molar-refractivity contribution in [1.82, 2.24) is 20.4 Å². The molecule has 1 aliphatic rings. The van der Waals surface area contributed by atoms with Gasteiger partial charge in [-0.2, -0.15) is 4.98 Å². The van der Waals surface area contributed by atoms with Crippen LogP contribution in [0, 0.1) is 6.92 Å². The van der Waals surface area contributed by atoms with Crippen LogP contribution in [0.1, 0.15) is 41.9 Å². The summed E-state index contributed by atoms with van der Waals surface area (Å²) in [5.74, 6) is 2.02. The molecular formula is C21H26N6O2. The van der Waals surface area contributed by atoms with E-state index >= 15 is 0 Å². The number of nitrogens with one attached hydrogen (secondary N) is 2. The van der Waals surface area contributed by atoms with Gasteiger partial charge >= 0.3 is 0 Å². The SMILES string of the molecule is Cc1cc(C(=O)N[C@H]2CC[C@@H](Nc3nc(N(C)C)c4ccccc4n3)CC2)no1. The van der Waals surface area contributed by atoms with Gasteiger partial charge in [0.15, 0.2) is 5.69 Å². The van der Waals surface area contributed by atoms with Crippen LogP contribution in [-0.4, -0.2) is 47.2 Å². The van der Waals surface area contributed by atoms with Crippen LogP contribution in [0.2, 0.25) is 0 Å². The maximum atomic E-state index is 12.3. The Bertz CT molecular complexity index is 1010. The minimum atomic E-state index is -0.174. The van der Waals surface area contributed by atoms with Crippen LogP contribution in [0.25, 0.3) is 10.9 Å². The molecule has 0 bridgehead atoms. The number of hydrogen-bond donors (Lipinski definition) is 2. The van der Waals surface area contributed by atoms with E-state index in [4.69, 9.17) is 9.51 Å². The molecule has 2 aromatic heterocycles. The quantitative estimate of drug-likeness (QED) is 0.686. The molecule has 4 rings (SSSR count). The van der Waals surface area contributed by atoms with Crippen LogP contribution in [0.5, 0.6) is 0 Å². The van der Waals surface area contributed by atoms with E-state index in [9.17, 15) is 4.79 Å². The molecule has 1 fully saturated rings. The number of rotatable bonds is 5. The van der Waals surface area contributed by atoms with Crippen LogP contribution in [-0.2, 0) is 0 Å². The highest BCUT2D eigenvalue weighted by Crippen LogP contribution is 2.26. The molecule has 0 spiro atoms. The van der Waals surface area contributed by atoms with Gasteiger partial charge in [-0.1, -0.05) is 17.3 Å². The first-order valence-electron chi connectivity index (χ1n) is 9.94. The number of aryl methyl sites for hydroxylation is 1. The van der Waals surface area contributed by atoms with E-state index in [0.29, 0.717) is 17.4 Å². The Hall–Kier alpha value is -3.16. The van der Waals surface area contributed by atoms with E-state index in [-0.39, 0.29) is 18.0 Å². The maximum Gasteiger partial charge on any atom is 0.273 e. The standard InChI is InChI=1S/C21H26N6O2/c1-13-12-18(26-29-13)20(28)22-14-8-10-15(11-9-14)23-21-24-17-7-5-4-6-16(17)19(25-21)27(2)3/h4-7,12,14-15H,8-11H2,1-3H3,(H,22,28)(H,23,24,25)/t14-,15+. The molecule has 8 nitrogen and oxygen atoms in total. The molecule has 0 aliphatic heterocycles. The first-order chi connectivity index (χ1) is 14.0. The summed E-state index contributed by atoms with van der Waals surface area (Å²) in [5.41, 5.74) is 1.26. The molecule has 0 saturated heterocycles. The number of fused-ring (bicyclic) bond motifs is 1. The van der Waals surface area contributed by atoms with Gasteiger partial charge in [0.1, 0.15) is 11.6 Å². The van der Waals surface area contributed by atoms with Crippen molar-refractivity contribution in [1.29, 1.82) is 0 Å². The van der Waals surface area contributed by atoms with E-state index in [2.05, 4.69) is 20.8 Å². The zero-order valence-electron chi connectivity index (χ0n) is 17.0. The van der Waals surface area contributed by atoms with Crippen LogP contribution in [0.3, 0.4) is 0 Å². The van der Waals surface area contributed by atoms with Crippen molar-refractivity contribution >= 4 is 28.6 Å². The molecule has 29 heavy (non-hydrogen) atoms. The largest absolute Gasteiger partial charge is 0.362 e. The van der Waals surface area contributed by atoms with Gasteiger partial charge in [-0.05, 0) is 44.7 Å². The third-order valence-corrected chi connectivity index (χ3v) is 5.26. The molecular weight excluding hydrogens is 368 g/mol. The van der Waals surface area contributed by atoms with E-state index in [1.165, 1.54) is 0 Å². The number of carbonyl (C=O) groups excluding carboxylic acids is 1. The lowest BCUT2D eigenvalue weighted by Gasteiger charge is -2.29. The molecule has 1 saturated carbocycles. The van der Waals surface area contributed by atoms with Crippen LogP contribution >= 0.6 is 0 Å². The minimum absolute atomic E-state index is 0.146. The Morgan fingerprint density at radius 3 is 2.52 bits per heavy atom. The molecule has 0 atom stereocenters. The first-order valence-corrected chi connectivity index (χ1v) is 9.94. The number of nitrogens with zero attached hydrogens (tertiary/aromatic N) is 4. The van der Waals surface area contributed by atoms with Gasteiger partial charge in [0.05, 0.1) is 5.52 Å². The Kier molecular flexibility index (Phi) is 5.33. The lowest BCUT2D eigenvalue weighted by atomic mass is 9.91. The Balaban J connectivity index is 1.38. The Labute approximate surface area is 169 Å². The highest BCUT2D eigenvalue weighted by Gasteiger charge is 2.24. The number of para-hydroxylation sites is 1. The highest BCUT2D eigenvalue weighted by molar-refractivity contribution is 5.92. The minimum Gasteiger partial charge on any atom is -0.362 e. The molecule has 3 aromatic rings. The molecule has 1 aromatic carbocycles.